The van der Waals surface area contributed by atoms with E-state index in [0.717, 1.165) is 17.7 Å². The van der Waals surface area contributed by atoms with Crippen molar-refractivity contribution in [2.45, 2.75) is 19.9 Å². The quantitative estimate of drug-likeness (QED) is 0.636. The van der Waals surface area contributed by atoms with Crippen LogP contribution >= 0.6 is 0 Å². The number of nitrogens with one attached hydrogen (secondary N) is 1. The highest BCUT2D eigenvalue weighted by Crippen LogP contribution is 2.18. The molecule has 0 aliphatic heterocycles. The zero-order chi connectivity index (χ0) is 15.7. The second-order valence-electron chi connectivity index (χ2n) is 4.71. The Morgan fingerprint density at radius 1 is 1.48 bits per heavy atom. The fraction of sp³-hybridized carbons (Fsp3) is 0.643. The highest BCUT2D eigenvalue weighted by molar-refractivity contribution is 5.47. The summed E-state index contributed by atoms with van der Waals surface area (Å²) in [6.45, 7) is 3.36. The number of methoxy groups -OCH3 is 1. The maximum Gasteiger partial charge on any atom is 0.255 e. The molecule has 1 aromatic rings. The maximum atomic E-state index is 12.6. The van der Waals surface area contributed by atoms with Gasteiger partial charge in [-0.15, -0.1) is 0 Å². The lowest BCUT2D eigenvalue weighted by atomic mass is 10.2. The molecule has 0 saturated carbocycles. The first-order valence-electron chi connectivity index (χ1n) is 6.87. The maximum absolute atomic E-state index is 12.6. The molecule has 0 unspecified atom stereocenters. The number of aromatic nitrogens is 1. The van der Waals surface area contributed by atoms with Gasteiger partial charge in [-0.3, -0.25) is 0 Å². The molecule has 0 bridgehead atoms. The Morgan fingerprint density at radius 3 is 2.81 bits per heavy atom. The number of halogens is 2. The van der Waals surface area contributed by atoms with E-state index in [1.54, 1.807) is 13.3 Å². The number of alkyl halides is 2. The van der Waals surface area contributed by atoms with Crippen LogP contribution in [0.15, 0.2) is 12.3 Å². The smallest absolute Gasteiger partial charge is 0.255 e. The van der Waals surface area contributed by atoms with Gasteiger partial charge in [0.15, 0.2) is 0 Å². The Kier molecular flexibility index (Phi) is 8.11. The van der Waals surface area contributed by atoms with Crippen LogP contribution in [-0.2, 0) is 11.3 Å². The molecule has 1 aromatic heterocycles. The van der Waals surface area contributed by atoms with Crippen LogP contribution in [0.2, 0.25) is 0 Å². The fourth-order valence-electron chi connectivity index (χ4n) is 2.03. The second kappa shape index (κ2) is 9.59. The van der Waals surface area contributed by atoms with Crippen molar-refractivity contribution in [2.75, 3.05) is 44.9 Å². The molecule has 0 fully saturated rings. The van der Waals surface area contributed by atoms with Crippen molar-refractivity contribution >= 4 is 5.82 Å². The number of aliphatic hydroxyl groups is 1. The molecular weight excluding hydrogens is 280 g/mol. The van der Waals surface area contributed by atoms with E-state index in [2.05, 4.69) is 10.3 Å². The Hall–Kier alpha value is -1.31. The van der Waals surface area contributed by atoms with Crippen molar-refractivity contribution in [3.63, 3.8) is 0 Å². The van der Waals surface area contributed by atoms with E-state index in [1.165, 1.54) is 4.90 Å². The molecule has 0 aliphatic carbocycles. The Balaban J connectivity index is 2.70. The van der Waals surface area contributed by atoms with E-state index in [9.17, 15) is 8.78 Å². The zero-order valence-corrected chi connectivity index (χ0v) is 12.5. The van der Waals surface area contributed by atoms with E-state index in [0.29, 0.717) is 19.0 Å². The van der Waals surface area contributed by atoms with Crippen LogP contribution in [0.5, 0.6) is 0 Å². The molecule has 2 N–H and O–H groups in total. The number of aryl methyl sites for hydroxylation is 1. The van der Waals surface area contributed by atoms with Crippen LogP contribution in [0.25, 0.3) is 0 Å². The van der Waals surface area contributed by atoms with Crippen molar-refractivity contribution in [3.8, 4) is 0 Å². The average Bonchev–Trinajstić information content (AvgIpc) is 2.43. The van der Waals surface area contributed by atoms with Gasteiger partial charge in [0.2, 0.25) is 0 Å². The monoisotopic (exact) mass is 303 g/mol. The molecule has 1 heterocycles. The summed E-state index contributed by atoms with van der Waals surface area (Å²) < 4.78 is 30.1. The number of rotatable bonds is 10. The standard InChI is InChI=1S/C14H23F2N3O2/c1-11-7-12(8-17-3-6-21-2)9-18-14(11)19(4-5-20)10-13(15)16/h7,9,13,17,20H,3-6,8,10H2,1-2H3. The van der Waals surface area contributed by atoms with Gasteiger partial charge >= 0.3 is 0 Å². The van der Waals surface area contributed by atoms with E-state index >= 15 is 0 Å². The van der Waals surface area contributed by atoms with Crippen molar-refractivity contribution < 1.29 is 18.6 Å². The molecule has 0 spiro atoms. The number of anilines is 1. The Bertz CT molecular complexity index is 419. The van der Waals surface area contributed by atoms with Crippen molar-refractivity contribution in [1.29, 1.82) is 0 Å². The largest absolute Gasteiger partial charge is 0.395 e. The van der Waals surface area contributed by atoms with Crippen molar-refractivity contribution in [1.82, 2.24) is 10.3 Å². The first-order chi connectivity index (χ1) is 10.1. The molecule has 1 rings (SSSR count). The van der Waals surface area contributed by atoms with E-state index < -0.39 is 13.0 Å². The predicted molar refractivity (Wildman–Crippen MR) is 77.9 cm³/mol. The predicted octanol–water partition coefficient (Wildman–Crippen LogP) is 1.19. The summed E-state index contributed by atoms with van der Waals surface area (Å²) in [5.41, 5.74) is 1.79. The molecule has 0 aliphatic rings. The SMILES string of the molecule is COCCNCc1cnc(N(CCO)CC(F)F)c(C)c1. The van der Waals surface area contributed by atoms with Crippen molar-refractivity contribution in [2.24, 2.45) is 0 Å². The Morgan fingerprint density at radius 2 is 2.24 bits per heavy atom. The lowest BCUT2D eigenvalue weighted by Crippen LogP contribution is -2.33. The minimum Gasteiger partial charge on any atom is -0.395 e. The van der Waals surface area contributed by atoms with Crippen LogP contribution in [0.3, 0.4) is 0 Å². The highest BCUT2D eigenvalue weighted by atomic mass is 19.3. The lowest BCUT2D eigenvalue weighted by molar-refractivity contribution is 0.152. The minimum absolute atomic E-state index is 0.142. The normalized spacial score (nSPS) is 11.1. The molecular formula is C14H23F2N3O2. The van der Waals surface area contributed by atoms with Gasteiger partial charge in [0.25, 0.3) is 6.43 Å². The first-order valence-corrected chi connectivity index (χ1v) is 6.87. The number of hydrogen-bond donors (Lipinski definition) is 2. The van der Waals surface area contributed by atoms with Gasteiger partial charge in [-0.05, 0) is 24.1 Å². The summed E-state index contributed by atoms with van der Waals surface area (Å²) in [5.74, 6) is 0.491. The van der Waals surface area contributed by atoms with Crippen LogP contribution in [0, 0.1) is 6.92 Å². The van der Waals surface area contributed by atoms with Gasteiger partial charge in [0.05, 0.1) is 19.8 Å². The number of hydrogen-bond acceptors (Lipinski definition) is 5. The molecule has 0 radical (unpaired) electrons. The lowest BCUT2D eigenvalue weighted by Gasteiger charge is -2.24. The topological polar surface area (TPSA) is 57.6 Å². The van der Waals surface area contributed by atoms with Crippen molar-refractivity contribution in [3.05, 3.63) is 23.4 Å². The molecule has 0 atom stereocenters. The third-order valence-electron chi connectivity index (χ3n) is 2.95. The summed E-state index contributed by atoms with van der Waals surface area (Å²) in [6, 6.07) is 1.91. The molecule has 5 nitrogen and oxygen atoms in total. The summed E-state index contributed by atoms with van der Waals surface area (Å²) in [6.07, 6.45) is -0.800. The zero-order valence-electron chi connectivity index (χ0n) is 12.5. The van der Waals surface area contributed by atoms with Crippen LogP contribution in [-0.4, -0.2) is 56.5 Å². The summed E-state index contributed by atoms with van der Waals surface area (Å²) in [7, 11) is 1.64. The molecule has 0 amide bonds. The van der Waals surface area contributed by atoms with Gasteiger partial charge in [0.1, 0.15) is 5.82 Å². The average molecular weight is 303 g/mol. The Labute approximate surface area is 123 Å². The van der Waals surface area contributed by atoms with Gasteiger partial charge in [-0.2, -0.15) is 0 Å². The number of aliphatic hydroxyl groups excluding tert-OH is 1. The van der Waals surface area contributed by atoms with Gasteiger partial charge in [-0.1, -0.05) is 0 Å². The number of pyridine rings is 1. The van der Waals surface area contributed by atoms with Crippen LogP contribution < -0.4 is 10.2 Å². The molecule has 21 heavy (non-hydrogen) atoms. The first kappa shape index (κ1) is 17.7. The summed E-state index contributed by atoms with van der Waals surface area (Å²) in [4.78, 5) is 5.66. The van der Waals surface area contributed by atoms with Gasteiger partial charge in [0, 0.05) is 32.9 Å². The van der Waals surface area contributed by atoms with E-state index in [4.69, 9.17) is 9.84 Å². The minimum atomic E-state index is -2.46. The molecule has 7 heteroatoms. The van der Waals surface area contributed by atoms with Gasteiger partial charge < -0.3 is 20.1 Å². The fourth-order valence-corrected chi connectivity index (χ4v) is 2.03. The second-order valence-corrected chi connectivity index (χ2v) is 4.71. The molecule has 0 aromatic carbocycles. The summed E-state index contributed by atoms with van der Waals surface area (Å²) in [5, 5.41) is 12.2. The number of nitrogens with zero attached hydrogens (tertiary/aromatic N) is 2. The highest BCUT2D eigenvalue weighted by Gasteiger charge is 2.15. The number of ether oxygens (including phenoxy) is 1. The van der Waals surface area contributed by atoms with E-state index in [-0.39, 0.29) is 13.2 Å². The van der Waals surface area contributed by atoms with Crippen LogP contribution in [0.1, 0.15) is 11.1 Å². The molecule has 120 valence electrons. The van der Waals surface area contributed by atoms with E-state index in [1.807, 2.05) is 13.0 Å². The van der Waals surface area contributed by atoms with Crippen LogP contribution in [0.4, 0.5) is 14.6 Å². The third-order valence-corrected chi connectivity index (χ3v) is 2.95. The third kappa shape index (κ3) is 6.33. The molecule has 0 saturated heterocycles. The van der Waals surface area contributed by atoms with Gasteiger partial charge in [-0.25, -0.2) is 13.8 Å². The summed E-state index contributed by atoms with van der Waals surface area (Å²) >= 11 is 0.